The van der Waals surface area contributed by atoms with Crippen molar-refractivity contribution in [2.45, 2.75) is 125 Å². The van der Waals surface area contributed by atoms with Crippen molar-refractivity contribution in [3.05, 3.63) is 21.2 Å². The van der Waals surface area contributed by atoms with Crippen LogP contribution in [-0.2, 0) is 9.59 Å². The van der Waals surface area contributed by atoms with E-state index in [1.807, 2.05) is 6.92 Å². The molecule has 1 rings (SSSR count). The van der Waals surface area contributed by atoms with E-state index < -0.39 is 5.60 Å². The highest BCUT2D eigenvalue weighted by Gasteiger charge is 2.30. The van der Waals surface area contributed by atoms with E-state index in [9.17, 15) is 14.7 Å². The van der Waals surface area contributed by atoms with Crippen LogP contribution in [0.15, 0.2) is 21.2 Å². The first-order chi connectivity index (χ1) is 14.9. The molecule has 32 heavy (non-hydrogen) atoms. The summed E-state index contributed by atoms with van der Waals surface area (Å²) in [6.07, 6.45) is 11.7. The molecule has 3 atom stereocenters. The van der Waals surface area contributed by atoms with Gasteiger partial charge in [-0.2, -0.15) is 0 Å². The predicted octanol–water partition coefficient (Wildman–Crippen LogP) is 8.09. The van der Waals surface area contributed by atoms with Gasteiger partial charge in [0, 0.05) is 16.7 Å². The molecule has 0 saturated carbocycles. The van der Waals surface area contributed by atoms with Crippen LogP contribution >= 0.6 is 15.9 Å². The van der Waals surface area contributed by atoms with Crippen molar-refractivity contribution >= 4 is 27.5 Å². The molecule has 0 aromatic rings. The molecule has 1 aliphatic rings. The van der Waals surface area contributed by atoms with Crippen molar-refractivity contribution in [2.75, 3.05) is 0 Å². The molecule has 0 amide bonds. The summed E-state index contributed by atoms with van der Waals surface area (Å²) >= 11 is 3.32. The number of carbonyl (C=O) groups excluding carboxylic acids is 2. The molecule has 0 unspecified atom stereocenters. The Labute approximate surface area is 205 Å². The van der Waals surface area contributed by atoms with Gasteiger partial charge in [-0.1, -0.05) is 79.1 Å². The number of hydrogen-bond donors (Lipinski definition) is 1. The highest BCUT2D eigenvalue weighted by atomic mass is 79.9. The predicted molar refractivity (Wildman–Crippen MR) is 139 cm³/mol. The van der Waals surface area contributed by atoms with Crippen LogP contribution in [0.1, 0.15) is 119 Å². The van der Waals surface area contributed by atoms with Gasteiger partial charge in [-0.15, -0.1) is 0 Å². The van der Waals surface area contributed by atoms with Gasteiger partial charge in [0.15, 0.2) is 11.6 Å². The van der Waals surface area contributed by atoms with E-state index in [1.165, 1.54) is 38.5 Å². The molecule has 0 aromatic carbocycles. The topological polar surface area (TPSA) is 54.4 Å². The Hall–Kier alpha value is -0.740. The van der Waals surface area contributed by atoms with Gasteiger partial charge < -0.3 is 5.11 Å². The lowest BCUT2D eigenvalue weighted by Crippen LogP contribution is -2.26. The fraction of sp³-hybridized carbons (Fsp3) is 0.786. The first-order valence-electron chi connectivity index (χ1n) is 12.7. The van der Waals surface area contributed by atoms with Crippen LogP contribution in [0.3, 0.4) is 0 Å². The standard InChI is InChI=1S/C28H47BrO3/c1-19(2)11-8-12-20(3)13-9-14-21(4)15-10-17-28(7,32)18-16-24-25(29)27(31)23(6)22(5)26(24)30/h19-21,32H,8-18H2,1-7H3/t20-,21-,28-/m1/s1. The smallest absolute Gasteiger partial charge is 0.196 e. The summed E-state index contributed by atoms with van der Waals surface area (Å²) in [6, 6.07) is 0. The molecule has 0 heterocycles. The first kappa shape index (κ1) is 29.3. The van der Waals surface area contributed by atoms with Gasteiger partial charge in [0.25, 0.3) is 0 Å². The van der Waals surface area contributed by atoms with Gasteiger partial charge in [0.2, 0.25) is 0 Å². The SMILES string of the molecule is CC1=C(C)C(=O)C(CC[C@](C)(O)CCC[C@H](C)CCC[C@H](C)CCCC(C)C)=C(Br)C1=O. The highest BCUT2D eigenvalue weighted by molar-refractivity contribution is 9.12. The summed E-state index contributed by atoms with van der Waals surface area (Å²) in [5.74, 6) is 2.14. The van der Waals surface area contributed by atoms with Gasteiger partial charge in [0.1, 0.15) is 0 Å². The average Bonchev–Trinajstić information content (AvgIpc) is 2.70. The summed E-state index contributed by atoms with van der Waals surface area (Å²) in [5.41, 5.74) is 0.722. The second kappa shape index (κ2) is 13.8. The quantitative estimate of drug-likeness (QED) is 0.226. The van der Waals surface area contributed by atoms with Crippen molar-refractivity contribution < 1.29 is 14.7 Å². The Morgan fingerprint density at radius 3 is 1.78 bits per heavy atom. The van der Waals surface area contributed by atoms with Crippen LogP contribution in [0.2, 0.25) is 0 Å². The second-order valence-corrected chi connectivity index (χ2v) is 11.8. The molecule has 3 nitrogen and oxygen atoms in total. The number of aliphatic hydroxyl groups is 1. The van der Waals surface area contributed by atoms with Crippen LogP contribution in [-0.4, -0.2) is 22.3 Å². The van der Waals surface area contributed by atoms with Gasteiger partial charge in [0.05, 0.1) is 10.1 Å². The molecule has 4 heteroatoms. The van der Waals surface area contributed by atoms with E-state index in [1.54, 1.807) is 13.8 Å². The Kier molecular flexibility index (Phi) is 12.7. The van der Waals surface area contributed by atoms with Crippen molar-refractivity contribution in [1.82, 2.24) is 0 Å². The third-order valence-electron chi connectivity index (χ3n) is 7.18. The molecule has 1 aliphatic carbocycles. The summed E-state index contributed by atoms with van der Waals surface area (Å²) in [4.78, 5) is 24.9. The summed E-state index contributed by atoms with van der Waals surface area (Å²) in [5, 5.41) is 10.8. The van der Waals surface area contributed by atoms with Gasteiger partial charge in [-0.05, 0) is 73.7 Å². The van der Waals surface area contributed by atoms with Crippen LogP contribution in [0.25, 0.3) is 0 Å². The zero-order valence-electron chi connectivity index (χ0n) is 21.7. The van der Waals surface area contributed by atoms with Crippen LogP contribution in [0, 0.1) is 17.8 Å². The normalized spacial score (nSPS) is 19.1. The molecule has 0 radical (unpaired) electrons. The van der Waals surface area contributed by atoms with Crippen LogP contribution in [0.4, 0.5) is 0 Å². The van der Waals surface area contributed by atoms with E-state index in [4.69, 9.17) is 0 Å². The maximum Gasteiger partial charge on any atom is 0.196 e. The van der Waals surface area contributed by atoms with Crippen molar-refractivity contribution in [2.24, 2.45) is 17.8 Å². The van der Waals surface area contributed by atoms with E-state index in [0.717, 1.165) is 31.1 Å². The Bertz CT molecular complexity index is 699. The minimum Gasteiger partial charge on any atom is -0.390 e. The molecule has 0 fully saturated rings. The largest absolute Gasteiger partial charge is 0.390 e. The van der Waals surface area contributed by atoms with E-state index >= 15 is 0 Å². The molecule has 184 valence electrons. The lowest BCUT2D eigenvalue weighted by Gasteiger charge is -2.26. The molecule has 1 N–H and O–H groups in total. The van der Waals surface area contributed by atoms with Crippen LogP contribution in [0.5, 0.6) is 0 Å². The third kappa shape index (κ3) is 10.0. The molecule has 0 spiro atoms. The number of carbonyl (C=O) groups is 2. The van der Waals surface area contributed by atoms with Gasteiger partial charge in [-0.25, -0.2) is 0 Å². The van der Waals surface area contributed by atoms with Gasteiger partial charge >= 0.3 is 0 Å². The monoisotopic (exact) mass is 510 g/mol. The molecular weight excluding hydrogens is 464 g/mol. The fourth-order valence-electron chi connectivity index (χ4n) is 4.52. The lowest BCUT2D eigenvalue weighted by atomic mass is 9.84. The van der Waals surface area contributed by atoms with Crippen molar-refractivity contribution in [3.8, 4) is 0 Å². The zero-order valence-corrected chi connectivity index (χ0v) is 23.2. The average molecular weight is 512 g/mol. The van der Waals surface area contributed by atoms with Crippen LogP contribution < -0.4 is 0 Å². The third-order valence-corrected chi connectivity index (χ3v) is 8.02. The minimum atomic E-state index is -0.821. The first-order valence-corrected chi connectivity index (χ1v) is 13.5. The summed E-state index contributed by atoms with van der Waals surface area (Å²) in [7, 11) is 0. The molecule has 0 aromatic heterocycles. The minimum absolute atomic E-state index is 0.0724. The second-order valence-electron chi connectivity index (χ2n) is 11.1. The summed E-state index contributed by atoms with van der Waals surface area (Å²) < 4.78 is 0.369. The molecule has 0 bridgehead atoms. The Balaban J connectivity index is 2.32. The zero-order chi connectivity index (χ0) is 24.5. The van der Waals surface area contributed by atoms with E-state index in [-0.39, 0.29) is 11.6 Å². The van der Waals surface area contributed by atoms with Crippen molar-refractivity contribution in [1.29, 1.82) is 0 Å². The number of Topliss-reactive ketones (excluding diaryl/α,β-unsaturated/α-hetero) is 2. The summed E-state index contributed by atoms with van der Waals surface area (Å²) in [6.45, 7) is 14.6. The molecule has 0 saturated heterocycles. The highest BCUT2D eigenvalue weighted by Crippen LogP contribution is 2.33. The lowest BCUT2D eigenvalue weighted by molar-refractivity contribution is -0.116. The molecule has 0 aliphatic heterocycles. The number of ketones is 2. The maximum absolute atomic E-state index is 12.6. The van der Waals surface area contributed by atoms with Crippen molar-refractivity contribution in [3.63, 3.8) is 0 Å². The van der Waals surface area contributed by atoms with E-state index in [2.05, 4.69) is 43.6 Å². The maximum atomic E-state index is 12.6. The number of allylic oxidation sites excluding steroid dienone is 4. The molecular formula is C28H47BrO3. The van der Waals surface area contributed by atoms with Gasteiger partial charge in [-0.3, -0.25) is 9.59 Å². The number of rotatable bonds is 15. The number of hydrogen-bond acceptors (Lipinski definition) is 3. The fourth-order valence-corrected chi connectivity index (χ4v) is 5.20. The Morgan fingerprint density at radius 2 is 1.25 bits per heavy atom. The number of halogens is 1. The van der Waals surface area contributed by atoms with E-state index in [0.29, 0.717) is 40.0 Å². The Morgan fingerprint density at radius 1 is 0.781 bits per heavy atom.